The van der Waals surface area contributed by atoms with Gasteiger partial charge in [-0.25, -0.2) is 0 Å². The molecule has 0 atom stereocenters. The van der Waals surface area contributed by atoms with Gasteiger partial charge in [0.1, 0.15) is 0 Å². The van der Waals surface area contributed by atoms with Gasteiger partial charge in [0.25, 0.3) is 0 Å². The summed E-state index contributed by atoms with van der Waals surface area (Å²) in [5.41, 5.74) is 16.4. The zero-order valence-corrected chi connectivity index (χ0v) is 48.0. The summed E-state index contributed by atoms with van der Waals surface area (Å²) in [6.45, 7) is 0. The van der Waals surface area contributed by atoms with E-state index >= 15 is 0 Å². The fourth-order valence-electron chi connectivity index (χ4n) is 12.2. The van der Waals surface area contributed by atoms with Crippen LogP contribution in [0, 0.1) is 0 Å². The van der Waals surface area contributed by atoms with Crippen LogP contribution < -0.4 is 14.7 Å². The van der Waals surface area contributed by atoms with Gasteiger partial charge in [0.2, 0.25) is 0 Å². The van der Waals surface area contributed by atoms with E-state index in [1.165, 1.54) is 93.9 Å². The van der Waals surface area contributed by atoms with Crippen molar-refractivity contribution in [3.05, 3.63) is 309 Å². The van der Waals surface area contributed by atoms with Crippen molar-refractivity contribution in [3.8, 4) is 33.4 Å². The maximum Gasteiger partial charge on any atom is 0.0503 e. The first-order valence-electron chi connectivity index (χ1n) is 28.4. The third-order valence-electron chi connectivity index (χ3n) is 16.2. The number of fused-ring (bicyclic) bond motifs is 9. The molecular formula is C78H51N3S3. The van der Waals surface area contributed by atoms with Gasteiger partial charge < -0.3 is 14.7 Å². The minimum Gasteiger partial charge on any atom is -0.310 e. The van der Waals surface area contributed by atoms with Gasteiger partial charge in [0, 0.05) is 94.6 Å². The lowest BCUT2D eigenvalue weighted by Crippen LogP contribution is -2.16. The van der Waals surface area contributed by atoms with Crippen LogP contribution in [0.15, 0.2) is 309 Å². The molecule has 0 aliphatic carbocycles. The highest BCUT2D eigenvalue weighted by Gasteiger charge is 2.23. The number of hydrogen-bond acceptors (Lipinski definition) is 6. The molecule has 3 nitrogen and oxygen atoms in total. The summed E-state index contributed by atoms with van der Waals surface area (Å²) >= 11 is 5.56. The van der Waals surface area contributed by atoms with E-state index < -0.39 is 0 Å². The van der Waals surface area contributed by atoms with Gasteiger partial charge in [-0.15, -0.1) is 34.0 Å². The van der Waals surface area contributed by atoms with Crippen molar-refractivity contribution < 1.29 is 0 Å². The highest BCUT2D eigenvalue weighted by molar-refractivity contribution is 7.26. The first-order chi connectivity index (χ1) is 41.6. The van der Waals surface area contributed by atoms with Crippen LogP contribution in [-0.4, -0.2) is 0 Å². The Kier molecular flexibility index (Phi) is 12.4. The van der Waals surface area contributed by atoms with Gasteiger partial charge in [-0.2, -0.15) is 0 Å². The summed E-state index contributed by atoms with van der Waals surface area (Å²) in [5.74, 6) is 0. The maximum atomic E-state index is 2.40. The molecule has 3 heterocycles. The second-order valence-corrected chi connectivity index (χ2v) is 24.5. The molecule has 396 valence electrons. The Hall–Kier alpha value is -10.1. The van der Waals surface area contributed by atoms with Crippen LogP contribution in [0.1, 0.15) is 0 Å². The molecule has 0 aliphatic rings. The molecule has 0 aliphatic heterocycles. The van der Waals surface area contributed by atoms with E-state index in [9.17, 15) is 0 Å². The molecule has 0 amide bonds. The average molecular weight is 1130 g/mol. The number of para-hydroxylation sites is 3. The van der Waals surface area contributed by atoms with Gasteiger partial charge in [-0.1, -0.05) is 164 Å². The summed E-state index contributed by atoms with van der Waals surface area (Å²) in [4.78, 5) is 7.21. The second-order valence-electron chi connectivity index (χ2n) is 21.3. The van der Waals surface area contributed by atoms with Crippen LogP contribution in [0.3, 0.4) is 0 Å². The molecule has 0 bridgehead atoms. The molecule has 0 saturated carbocycles. The Balaban J connectivity index is 0.859. The number of anilines is 9. The Morgan fingerprint density at radius 1 is 0.155 bits per heavy atom. The van der Waals surface area contributed by atoms with E-state index in [1.807, 2.05) is 34.0 Å². The average Bonchev–Trinajstić information content (AvgIpc) is 4.30. The van der Waals surface area contributed by atoms with Crippen molar-refractivity contribution in [1.29, 1.82) is 0 Å². The number of rotatable bonds is 12. The van der Waals surface area contributed by atoms with Crippen LogP contribution >= 0.6 is 34.0 Å². The summed E-state index contributed by atoms with van der Waals surface area (Å²) in [5, 5.41) is 7.80. The normalized spacial score (nSPS) is 11.6. The summed E-state index contributed by atoms with van der Waals surface area (Å²) in [6, 6.07) is 114. The minimum absolute atomic E-state index is 1.01. The van der Waals surface area contributed by atoms with Gasteiger partial charge >= 0.3 is 0 Å². The summed E-state index contributed by atoms with van der Waals surface area (Å²) < 4.78 is 7.85. The molecule has 6 heteroatoms. The van der Waals surface area contributed by atoms with Crippen molar-refractivity contribution in [3.63, 3.8) is 0 Å². The Labute approximate surface area is 499 Å². The largest absolute Gasteiger partial charge is 0.310 e. The van der Waals surface area contributed by atoms with E-state index in [0.29, 0.717) is 0 Å². The van der Waals surface area contributed by atoms with E-state index in [1.54, 1.807) is 0 Å². The van der Waals surface area contributed by atoms with Crippen LogP contribution in [0.25, 0.3) is 93.9 Å². The van der Waals surface area contributed by atoms with E-state index in [0.717, 1.165) is 51.2 Å². The molecule has 0 saturated heterocycles. The van der Waals surface area contributed by atoms with Crippen LogP contribution in [-0.2, 0) is 0 Å². The highest BCUT2D eigenvalue weighted by atomic mass is 32.1. The minimum atomic E-state index is 1.01. The molecular weight excluding hydrogens is 1080 g/mol. The standard InChI is InChI=1S/C78H51N3S3/c1-4-16-58(17-5-1)79(61-37-28-52(29-38-61)55-34-43-76-70(46-55)67-22-10-13-25-73(67)82-76)64-49-65(80(59-18-6-2-7-19-59)62-39-30-53(31-40-62)56-35-44-77-71(47-56)68-23-11-14-26-74(68)83-77)51-66(50-64)81(60-20-8-3-9-21-60)63-41-32-54(33-42-63)57-36-45-78-72(48-57)69-24-12-15-27-75(69)84-78/h1-51H. The van der Waals surface area contributed by atoms with Crippen molar-refractivity contribution in [2.75, 3.05) is 14.7 Å². The molecule has 0 unspecified atom stereocenters. The van der Waals surface area contributed by atoms with E-state index in [2.05, 4.69) is 324 Å². The number of benzene rings is 13. The molecule has 16 aromatic rings. The van der Waals surface area contributed by atoms with Crippen LogP contribution in [0.2, 0.25) is 0 Å². The highest BCUT2D eigenvalue weighted by Crippen LogP contribution is 2.48. The third-order valence-corrected chi connectivity index (χ3v) is 19.7. The van der Waals surface area contributed by atoms with Crippen LogP contribution in [0.5, 0.6) is 0 Å². The lowest BCUT2D eigenvalue weighted by molar-refractivity contribution is 1.22. The smallest absolute Gasteiger partial charge is 0.0503 e. The lowest BCUT2D eigenvalue weighted by atomic mass is 10.0. The van der Waals surface area contributed by atoms with Gasteiger partial charge in [0.05, 0.1) is 17.1 Å². The molecule has 0 fully saturated rings. The van der Waals surface area contributed by atoms with Crippen molar-refractivity contribution in [2.24, 2.45) is 0 Å². The van der Waals surface area contributed by atoms with E-state index in [-0.39, 0.29) is 0 Å². The van der Waals surface area contributed by atoms with Crippen molar-refractivity contribution in [1.82, 2.24) is 0 Å². The first kappa shape index (κ1) is 49.7. The predicted octanol–water partition coefficient (Wildman–Crippen LogP) is 24.2. The number of thiophene rings is 3. The zero-order chi connectivity index (χ0) is 55.5. The quantitative estimate of drug-likeness (QED) is 0.121. The fourth-order valence-corrected chi connectivity index (χ4v) is 15.4. The SMILES string of the molecule is c1ccc(N(c2ccc(-c3ccc4sc5ccccc5c4c3)cc2)c2cc(N(c3ccccc3)c3ccc(-c4ccc5sc6ccccc6c5c4)cc3)cc(N(c3ccccc3)c3ccc(-c4ccc5sc6ccccc6c5c4)cc3)c2)cc1. The van der Waals surface area contributed by atoms with E-state index in [4.69, 9.17) is 0 Å². The maximum absolute atomic E-state index is 2.40. The monoisotopic (exact) mass is 1130 g/mol. The molecule has 0 N–H and O–H groups in total. The summed E-state index contributed by atoms with van der Waals surface area (Å²) in [7, 11) is 0. The molecule has 3 aromatic heterocycles. The zero-order valence-electron chi connectivity index (χ0n) is 45.5. The Morgan fingerprint density at radius 2 is 0.381 bits per heavy atom. The third kappa shape index (κ3) is 9.05. The fraction of sp³-hybridized carbons (Fsp3) is 0. The topological polar surface area (TPSA) is 9.72 Å². The molecule has 13 aromatic carbocycles. The summed E-state index contributed by atoms with van der Waals surface area (Å²) in [6.07, 6.45) is 0. The van der Waals surface area contributed by atoms with Gasteiger partial charge in [-0.05, 0) is 179 Å². The van der Waals surface area contributed by atoms with Crippen molar-refractivity contribution in [2.45, 2.75) is 0 Å². The Morgan fingerprint density at radius 3 is 0.667 bits per heavy atom. The number of hydrogen-bond donors (Lipinski definition) is 0. The lowest BCUT2D eigenvalue weighted by Gasteiger charge is -2.33. The molecule has 0 radical (unpaired) electrons. The van der Waals surface area contributed by atoms with Gasteiger partial charge in [-0.3, -0.25) is 0 Å². The molecule has 84 heavy (non-hydrogen) atoms. The first-order valence-corrected chi connectivity index (χ1v) is 30.8. The number of nitrogens with zero attached hydrogens (tertiary/aromatic N) is 3. The Bertz CT molecular complexity index is 4550. The molecule has 0 spiro atoms. The van der Waals surface area contributed by atoms with Gasteiger partial charge in [0.15, 0.2) is 0 Å². The van der Waals surface area contributed by atoms with Crippen LogP contribution in [0.4, 0.5) is 51.2 Å². The van der Waals surface area contributed by atoms with Crippen molar-refractivity contribution >= 4 is 146 Å². The second kappa shape index (κ2) is 21.0. The predicted molar refractivity (Wildman–Crippen MR) is 365 cm³/mol. The molecule has 16 rings (SSSR count).